The summed E-state index contributed by atoms with van der Waals surface area (Å²) < 4.78 is 37.0. The molecule has 2 amide bonds. The van der Waals surface area contributed by atoms with Gasteiger partial charge in [0, 0.05) is 11.3 Å². The molecule has 140 valence electrons. The number of rotatable bonds is 4. The summed E-state index contributed by atoms with van der Waals surface area (Å²) in [4.78, 5) is 38.3. The van der Waals surface area contributed by atoms with E-state index in [1.54, 1.807) is 0 Å². The summed E-state index contributed by atoms with van der Waals surface area (Å²) in [5.74, 6) is -3.57. The van der Waals surface area contributed by atoms with Crippen molar-refractivity contribution in [3.8, 4) is 0 Å². The minimum Gasteiger partial charge on any atom is -0.462 e. The molecule has 9 heteroatoms. The first-order valence-electron chi connectivity index (χ1n) is 7.87. The molecule has 0 saturated heterocycles. The molecule has 1 aliphatic heterocycles. The number of amides is 2. The molecular formula is C18H14F2N2O5. The van der Waals surface area contributed by atoms with E-state index in [2.05, 4.69) is 0 Å². The second kappa shape index (κ2) is 6.67. The number of benzene rings is 2. The summed E-state index contributed by atoms with van der Waals surface area (Å²) in [6.07, 6.45) is -1.42. The van der Waals surface area contributed by atoms with Crippen LogP contribution >= 0.6 is 0 Å². The third-order valence-corrected chi connectivity index (χ3v) is 3.98. The lowest BCUT2D eigenvalue weighted by atomic mass is 9.95. The number of fused-ring (bicyclic) bond motifs is 1. The Labute approximate surface area is 152 Å². The number of nitrogens with two attached hydrogens (primary N) is 1. The molecule has 1 atom stereocenters. The molecule has 0 bridgehead atoms. The quantitative estimate of drug-likeness (QED) is 0.653. The Morgan fingerprint density at radius 2 is 1.74 bits per heavy atom. The van der Waals surface area contributed by atoms with Crippen LogP contribution in [0.5, 0.6) is 0 Å². The van der Waals surface area contributed by atoms with Crippen LogP contribution in [0, 0.1) is 11.6 Å². The van der Waals surface area contributed by atoms with Crippen molar-refractivity contribution in [2.45, 2.75) is 12.5 Å². The SMILES string of the molecule is CCOC(=O)C1(OC(N)=O)C(=O)N(c2ccc(F)cc2)c2ccc(F)cc21. The predicted octanol–water partition coefficient (Wildman–Crippen LogP) is 2.50. The Morgan fingerprint density at radius 3 is 2.33 bits per heavy atom. The lowest BCUT2D eigenvalue weighted by Crippen LogP contribution is -2.50. The average molecular weight is 376 g/mol. The van der Waals surface area contributed by atoms with Gasteiger partial charge in [0.05, 0.1) is 12.3 Å². The third-order valence-electron chi connectivity index (χ3n) is 3.98. The van der Waals surface area contributed by atoms with Crippen LogP contribution in [0.1, 0.15) is 12.5 Å². The summed E-state index contributed by atoms with van der Waals surface area (Å²) in [5.41, 5.74) is 2.47. The molecule has 0 fully saturated rings. The van der Waals surface area contributed by atoms with Gasteiger partial charge in [0.1, 0.15) is 11.6 Å². The zero-order valence-corrected chi connectivity index (χ0v) is 14.1. The smallest absolute Gasteiger partial charge is 0.406 e. The van der Waals surface area contributed by atoms with Crippen LogP contribution < -0.4 is 10.6 Å². The van der Waals surface area contributed by atoms with Gasteiger partial charge in [-0.15, -0.1) is 0 Å². The number of carbonyl (C=O) groups excluding carboxylic acids is 3. The topological polar surface area (TPSA) is 98.9 Å². The van der Waals surface area contributed by atoms with E-state index in [0.29, 0.717) is 0 Å². The molecule has 0 aromatic heterocycles. The van der Waals surface area contributed by atoms with Crippen molar-refractivity contribution in [1.29, 1.82) is 0 Å². The highest BCUT2D eigenvalue weighted by atomic mass is 19.1. The van der Waals surface area contributed by atoms with Gasteiger partial charge in [-0.05, 0) is 49.4 Å². The highest BCUT2D eigenvalue weighted by Gasteiger charge is 2.62. The first kappa shape index (κ1) is 18.3. The van der Waals surface area contributed by atoms with E-state index in [1.807, 2.05) is 0 Å². The maximum absolute atomic E-state index is 13.9. The molecule has 1 unspecified atom stereocenters. The van der Waals surface area contributed by atoms with Gasteiger partial charge in [-0.2, -0.15) is 0 Å². The van der Waals surface area contributed by atoms with Crippen LogP contribution in [0.2, 0.25) is 0 Å². The number of nitrogens with zero attached hydrogens (tertiary/aromatic N) is 1. The van der Waals surface area contributed by atoms with Crippen molar-refractivity contribution < 1.29 is 32.6 Å². The molecule has 1 heterocycles. The van der Waals surface area contributed by atoms with Crippen molar-refractivity contribution in [3.05, 3.63) is 59.7 Å². The van der Waals surface area contributed by atoms with E-state index < -0.39 is 35.2 Å². The fourth-order valence-electron chi connectivity index (χ4n) is 2.93. The predicted molar refractivity (Wildman–Crippen MR) is 88.9 cm³/mol. The molecule has 3 rings (SSSR count). The van der Waals surface area contributed by atoms with E-state index >= 15 is 0 Å². The van der Waals surface area contributed by atoms with Gasteiger partial charge in [0.25, 0.3) is 5.91 Å². The summed E-state index contributed by atoms with van der Waals surface area (Å²) >= 11 is 0. The number of anilines is 2. The standard InChI is InChI=1S/C18H14F2N2O5/c1-2-26-16(24)18(27-17(21)25)13-9-11(20)5-8-14(13)22(15(18)23)12-6-3-10(19)4-7-12/h3-9H,2H2,1H3,(H2,21,25). The number of hydrogen-bond donors (Lipinski definition) is 1. The Bertz CT molecular complexity index is 932. The lowest BCUT2D eigenvalue weighted by Gasteiger charge is -2.25. The molecule has 2 N–H and O–H groups in total. The summed E-state index contributed by atoms with van der Waals surface area (Å²) in [6, 6.07) is 7.95. The molecule has 7 nitrogen and oxygen atoms in total. The van der Waals surface area contributed by atoms with Crippen LogP contribution in [-0.4, -0.2) is 24.6 Å². The zero-order valence-electron chi connectivity index (χ0n) is 14.1. The van der Waals surface area contributed by atoms with Crippen molar-refractivity contribution in [1.82, 2.24) is 0 Å². The van der Waals surface area contributed by atoms with Crippen molar-refractivity contribution in [2.75, 3.05) is 11.5 Å². The third kappa shape index (κ3) is 2.86. The minimum absolute atomic E-state index is 0.0716. The van der Waals surface area contributed by atoms with Gasteiger partial charge < -0.3 is 15.2 Å². The van der Waals surface area contributed by atoms with Gasteiger partial charge in [0.2, 0.25) is 0 Å². The van der Waals surface area contributed by atoms with Gasteiger partial charge in [-0.1, -0.05) is 0 Å². The summed E-state index contributed by atoms with van der Waals surface area (Å²) in [6.45, 7) is 1.36. The van der Waals surface area contributed by atoms with Gasteiger partial charge >= 0.3 is 17.7 Å². The first-order chi connectivity index (χ1) is 12.8. The van der Waals surface area contributed by atoms with E-state index in [0.717, 1.165) is 29.2 Å². The number of hydrogen-bond acceptors (Lipinski definition) is 5. The van der Waals surface area contributed by atoms with Gasteiger partial charge in [0.15, 0.2) is 0 Å². The first-order valence-corrected chi connectivity index (χ1v) is 7.87. The molecule has 2 aromatic rings. The molecule has 0 saturated carbocycles. The zero-order chi connectivity index (χ0) is 19.8. The molecule has 2 aromatic carbocycles. The lowest BCUT2D eigenvalue weighted by molar-refractivity contribution is -0.170. The largest absolute Gasteiger partial charge is 0.462 e. The van der Waals surface area contributed by atoms with Crippen molar-refractivity contribution in [3.63, 3.8) is 0 Å². The summed E-state index contributed by atoms with van der Waals surface area (Å²) in [7, 11) is 0. The fourth-order valence-corrected chi connectivity index (χ4v) is 2.93. The number of esters is 1. The maximum atomic E-state index is 13.9. The summed E-state index contributed by atoms with van der Waals surface area (Å²) in [5, 5.41) is 0. The van der Waals surface area contributed by atoms with Crippen LogP contribution in [-0.2, 0) is 24.7 Å². The van der Waals surface area contributed by atoms with E-state index in [4.69, 9.17) is 15.2 Å². The molecule has 1 aliphatic rings. The van der Waals surface area contributed by atoms with Crippen LogP contribution in [0.3, 0.4) is 0 Å². The monoisotopic (exact) mass is 376 g/mol. The normalized spacial score (nSPS) is 18.2. The van der Waals surface area contributed by atoms with E-state index in [1.165, 1.54) is 25.1 Å². The van der Waals surface area contributed by atoms with Crippen molar-refractivity contribution in [2.24, 2.45) is 5.73 Å². The molecule has 0 radical (unpaired) electrons. The maximum Gasteiger partial charge on any atom is 0.406 e. The van der Waals surface area contributed by atoms with Crippen LogP contribution in [0.15, 0.2) is 42.5 Å². The number of primary amides is 1. The molecule has 27 heavy (non-hydrogen) atoms. The highest BCUT2D eigenvalue weighted by Crippen LogP contribution is 2.47. The van der Waals surface area contributed by atoms with Gasteiger partial charge in [-0.3, -0.25) is 9.69 Å². The highest BCUT2D eigenvalue weighted by molar-refractivity contribution is 6.22. The van der Waals surface area contributed by atoms with E-state index in [-0.39, 0.29) is 23.5 Å². The Kier molecular flexibility index (Phi) is 4.52. The van der Waals surface area contributed by atoms with E-state index in [9.17, 15) is 23.2 Å². The Hall–Kier alpha value is -3.49. The molecule has 0 spiro atoms. The van der Waals surface area contributed by atoms with Crippen LogP contribution in [0.4, 0.5) is 25.0 Å². The Morgan fingerprint density at radius 1 is 1.11 bits per heavy atom. The Balaban J connectivity index is 2.27. The average Bonchev–Trinajstić information content (AvgIpc) is 2.85. The fraction of sp³-hybridized carbons (Fsp3) is 0.167. The second-order valence-corrected chi connectivity index (χ2v) is 5.60. The van der Waals surface area contributed by atoms with Crippen molar-refractivity contribution >= 4 is 29.3 Å². The number of ether oxygens (including phenoxy) is 2. The number of carbonyl (C=O) groups is 3. The minimum atomic E-state index is -2.60. The molecule has 0 aliphatic carbocycles. The van der Waals surface area contributed by atoms with Gasteiger partial charge in [-0.25, -0.2) is 18.4 Å². The second-order valence-electron chi connectivity index (χ2n) is 5.60. The molecular weight excluding hydrogens is 362 g/mol. The van der Waals surface area contributed by atoms with Crippen LogP contribution in [0.25, 0.3) is 0 Å². The number of halogens is 2.